The number of carbonyl (C=O) groups is 1. The van der Waals surface area contributed by atoms with Gasteiger partial charge in [-0.05, 0) is 12.5 Å². The molecule has 1 spiro atoms. The number of likely N-dealkylation sites (tertiary alicyclic amines) is 1. The number of hydrogen-bond donors (Lipinski definition) is 1. The van der Waals surface area contributed by atoms with Crippen molar-refractivity contribution in [2.75, 3.05) is 26.2 Å². The first-order valence-electron chi connectivity index (χ1n) is 4.56. The fourth-order valence-corrected chi connectivity index (χ4v) is 1.77. The van der Waals surface area contributed by atoms with Gasteiger partial charge in [0.1, 0.15) is 0 Å². The SMILES string of the molecule is C=CC(=O)N1CC2(C1)NCCCO2. The zero-order valence-electron chi connectivity index (χ0n) is 7.58. The second-order valence-corrected chi connectivity index (χ2v) is 3.52. The summed E-state index contributed by atoms with van der Waals surface area (Å²) >= 11 is 0. The average molecular weight is 182 g/mol. The number of nitrogens with zero attached hydrogens (tertiary/aromatic N) is 1. The third kappa shape index (κ3) is 1.47. The number of hydrogen-bond acceptors (Lipinski definition) is 3. The van der Waals surface area contributed by atoms with E-state index in [2.05, 4.69) is 11.9 Å². The van der Waals surface area contributed by atoms with Gasteiger partial charge < -0.3 is 9.64 Å². The summed E-state index contributed by atoms with van der Waals surface area (Å²) in [6, 6.07) is 0. The van der Waals surface area contributed by atoms with Crippen LogP contribution in [0.5, 0.6) is 0 Å². The molecule has 0 aliphatic carbocycles. The second-order valence-electron chi connectivity index (χ2n) is 3.52. The van der Waals surface area contributed by atoms with E-state index in [4.69, 9.17) is 4.74 Å². The Bertz CT molecular complexity index is 226. The van der Waals surface area contributed by atoms with Crippen LogP contribution >= 0.6 is 0 Å². The van der Waals surface area contributed by atoms with Crippen molar-refractivity contribution in [3.63, 3.8) is 0 Å². The molecule has 0 atom stereocenters. The summed E-state index contributed by atoms with van der Waals surface area (Å²) in [6.07, 6.45) is 2.40. The maximum absolute atomic E-state index is 11.1. The van der Waals surface area contributed by atoms with Crippen molar-refractivity contribution in [2.24, 2.45) is 0 Å². The van der Waals surface area contributed by atoms with Crippen molar-refractivity contribution in [3.05, 3.63) is 12.7 Å². The zero-order valence-corrected chi connectivity index (χ0v) is 7.58. The van der Waals surface area contributed by atoms with Crippen molar-refractivity contribution in [3.8, 4) is 0 Å². The smallest absolute Gasteiger partial charge is 0.246 e. The van der Waals surface area contributed by atoms with E-state index in [0.717, 1.165) is 19.6 Å². The molecule has 2 fully saturated rings. The van der Waals surface area contributed by atoms with E-state index >= 15 is 0 Å². The molecule has 2 saturated heterocycles. The first kappa shape index (κ1) is 8.72. The van der Waals surface area contributed by atoms with Crippen LogP contribution in [0.4, 0.5) is 0 Å². The van der Waals surface area contributed by atoms with Crippen LogP contribution in [0.2, 0.25) is 0 Å². The molecule has 2 aliphatic heterocycles. The van der Waals surface area contributed by atoms with Gasteiger partial charge in [0.25, 0.3) is 0 Å². The van der Waals surface area contributed by atoms with Crippen LogP contribution in [0.25, 0.3) is 0 Å². The Morgan fingerprint density at radius 2 is 2.38 bits per heavy atom. The molecule has 4 nitrogen and oxygen atoms in total. The van der Waals surface area contributed by atoms with Crippen molar-refractivity contribution < 1.29 is 9.53 Å². The van der Waals surface area contributed by atoms with Gasteiger partial charge in [0.2, 0.25) is 5.91 Å². The summed E-state index contributed by atoms with van der Waals surface area (Å²) in [5, 5.41) is 3.29. The zero-order chi connectivity index (χ0) is 9.31. The monoisotopic (exact) mass is 182 g/mol. The van der Waals surface area contributed by atoms with Gasteiger partial charge in [-0.15, -0.1) is 0 Å². The van der Waals surface area contributed by atoms with E-state index in [1.165, 1.54) is 6.08 Å². The molecule has 2 rings (SSSR count). The Labute approximate surface area is 77.5 Å². The third-order valence-corrected chi connectivity index (χ3v) is 2.53. The fourth-order valence-electron chi connectivity index (χ4n) is 1.77. The first-order chi connectivity index (χ1) is 6.26. The Balaban J connectivity index is 1.88. The fraction of sp³-hybridized carbons (Fsp3) is 0.667. The highest BCUT2D eigenvalue weighted by Gasteiger charge is 2.46. The Morgan fingerprint density at radius 1 is 1.62 bits per heavy atom. The number of rotatable bonds is 1. The average Bonchev–Trinajstić information content (AvgIpc) is 2.14. The minimum atomic E-state index is -0.239. The highest BCUT2D eigenvalue weighted by Crippen LogP contribution is 2.24. The van der Waals surface area contributed by atoms with Gasteiger partial charge in [0.15, 0.2) is 5.72 Å². The molecule has 72 valence electrons. The molecular formula is C9H14N2O2. The van der Waals surface area contributed by atoms with E-state index in [9.17, 15) is 4.79 Å². The lowest BCUT2D eigenvalue weighted by Crippen LogP contribution is -2.73. The summed E-state index contributed by atoms with van der Waals surface area (Å²) in [7, 11) is 0. The lowest BCUT2D eigenvalue weighted by Gasteiger charge is -2.51. The maximum Gasteiger partial charge on any atom is 0.246 e. The van der Waals surface area contributed by atoms with E-state index in [0.29, 0.717) is 13.1 Å². The molecule has 1 amide bonds. The van der Waals surface area contributed by atoms with Gasteiger partial charge in [-0.3, -0.25) is 10.1 Å². The molecule has 0 unspecified atom stereocenters. The van der Waals surface area contributed by atoms with Gasteiger partial charge in [0, 0.05) is 6.54 Å². The molecule has 0 bridgehead atoms. The molecule has 2 heterocycles. The predicted molar refractivity (Wildman–Crippen MR) is 48.1 cm³/mol. The maximum atomic E-state index is 11.1. The molecule has 2 aliphatic rings. The Morgan fingerprint density at radius 3 is 2.92 bits per heavy atom. The van der Waals surface area contributed by atoms with E-state index in [1.807, 2.05) is 0 Å². The Hall–Kier alpha value is -0.870. The van der Waals surface area contributed by atoms with Gasteiger partial charge in [-0.2, -0.15) is 0 Å². The molecule has 4 heteroatoms. The van der Waals surface area contributed by atoms with Crippen molar-refractivity contribution in [1.82, 2.24) is 10.2 Å². The topological polar surface area (TPSA) is 41.6 Å². The first-order valence-corrected chi connectivity index (χ1v) is 4.56. The molecule has 0 saturated carbocycles. The number of carbonyl (C=O) groups excluding carboxylic acids is 1. The molecule has 1 N–H and O–H groups in total. The van der Waals surface area contributed by atoms with Crippen LogP contribution in [0.1, 0.15) is 6.42 Å². The van der Waals surface area contributed by atoms with Gasteiger partial charge in [-0.25, -0.2) is 0 Å². The van der Waals surface area contributed by atoms with Crippen LogP contribution in [0.3, 0.4) is 0 Å². The van der Waals surface area contributed by atoms with Crippen LogP contribution in [-0.2, 0) is 9.53 Å². The molecule has 0 radical (unpaired) electrons. The molecule has 0 aromatic heterocycles. The standard InChI is InChI=1S/C9H14N2O2/c1-2-8(12)11-6-9(7-11)10-4-3-5-13-9/h2,10H,1,3-7H2. The molecular weight excluding hydrogens is 168 g/mol. The van der Waals surface area contributed by atoms with E-state index < -0.39 is 0 Å². The van der Waals surface area contributed by atoms with Crippen LogP contribution in [-0.4, -0.2) is 42.8 Å². The Kier molecular flexibility index (Phi) is 2.09. The summed E-state index contributed by atoms with van der Waals surface area (Å²) in [4.78, 5) is 12.9. The number of amides is 1. The summed E-state index contributed by atoms with van der Waals surface area (Å²) in [6.45, 7) is 6.52. The molecule has 0 aromatic carbocycles. The highest BCUT2D eigenvalue weighted by atomic mass is 16.5. The molecule has 13 heavy (non-hydrogen) atoms. The lowest BCUT2D eigenvalue weighted by molar-refractivity contribution is -0.186. The van der Waals surface area contributed by atoms with E-state index in [-0.39, 0.29) is 11.6 Å². The second kappa shape index (κ2) is 3.12. The number of nitrogens with one attached hydrogen (secondary N) is 1. The van der Waals surface area contributed by atoms with Crippen LogP contribution in [0, 0.1) is 0 Å². The normalized spacial score (nSPS) is 25.4. The van der Waals surface area contributed by atoms with Crippen LogP contribution < -0.4 is 5.32 Å². The minimum Gasteiger partial charge on any atom is -0.357 e. The quantitative estimate of drug-likeness (QED) is 0.567. The molecule has 0 aromatic rings. The van der Waals surface area contributed by atoms with Gasteiger partial charge >= 0.3 is 0 Å². The van der Waals surface area contributed by atoms with Crippen molar-refractivity contribution >= 4 is 5.91 Å². The van der Waals surface area contributed by atoms with Gasteiger partial charge in [-0.1, -0.05) is 6.58 Å². The predicted octanol–water partition coefficient (Wildman–Crippen LogP) is -0.279. The highest BCUT2D eigenvalue weighted by molar-refractivity contribution is 5.87. The van der Waals surface area contributed by atoms with Crippen LogP contribution in [0.15, 0.2) is 12.7 Å². The van der Waals surface area contributed by atoms with Crippen molar-refractivity contribution in [2.45, 2.75) is 12.1 Å². The van der Waals surface area contributed by atoms with Crippen molar-refractivity contribution in [1.29, 1.82) is 0 Å². The number of ether oxygens (including phenoxy) is 1. The largest absolute Gasteiger partial charge is 0.357 e. The summed E-state index contributed by atoms with van der Waals surface area (Å²) < 4.78 is 5.59. The van der Waals surface area contributed by atoms with Gasteiger partial charge in [0.05, 0.1) is 19.7 Å². The third-order valence-electron chi connectivity index (χ3n) is 2.53. The summed E-state index contributed by atoms with van der Waals surface area (Å²) in [5.41, 5.74) is -0.239. The lowest BCUT2D eigenvalue weighted by atomic mass is 10.0. The van der Waals surface area contributed by atoms with E-state index in [1.54, 1.807) is 4.90 Å². The minimum absolute atomic E-state index is 0.0124. The summed E-state index contributed by atoms with van der Waals surface area (Å²) in [5.74, 6) is -0.0124.